The Morgan fingerprint density at radius 2 is 1.96 bits per heavy atom. The maximum absolute atomic E-state index is 13.6. The van der Waals surface area contributed by atoms with Crippen LogP contribution in [0.3, 0.4) is 0 Å². The number of nitrogens with zero attached hydrogens (tertiary/aromatic N) is 9. The number of pyridine rings is 1. The molecule has 45 heavy (non-hydrogen) atoms. The smallest absolute Gasteiger partial charge is 0.255 e. The molecule has 0 spiro atoms. The summed E-state index contributed by atoms with van der Waals surface area (Å²) in [4.78, 5) is 48.1. The molecule has 2 aliphatic rings. The minimum atomic E-state index is -0.691. The van der Waals surface area contributed by atoms with Gasteiger partial charge < -0.3 is 25.3 Å². The Morgan fingerprint density at radius 3 is 2.69 bits per heavy atom. The lowest BCUT2D eigenvalue weighted by Gasteiger charge is -2.26. The molecule has 2 unspecified atom stereocenters. The van der Waals surface area contributed by atoms with Crippen molar-refractivity contribution in [1.82, 2.24) is 45.1 Å². The van der Waals surface area contributed by atoms with Gasteiger partial charge in [0.2, 0.25) is 11.9 Å². The van der Waals surface area contributed by atoms with Gasteiger partial charge in [0.15, 0.2) is 5.82 Å². The lowest BCUT2D eigenvalue weighted by molar-refractivity contribution is -0.125. The summed E-state index contributed by atoms with van der Waals surface area (Å²) in [6.45, 7) is 5.85. The first-order valence-corrected chi connectivity index (χ1v) is 15.2. The molecule has 4 aromatic rings. The Kier molecular flexibility index (Phi) is 8.38. The van der Waals surface area contributed by atoms with Crippen molar-refractivity contribution in [2.45, 2.75) is 44.9 Å². The van der Waals surface area contributed by atoms with Crippen LogP contribution in [0.1, 0.15) is 47.9 Å². The zero-order valence-electron chi connectivity index (χ0n) is 25.9. The molecule has 1 saturated heterocycles. The van der Waals surface area contributed by atoms with Crippen molar-refractivity contribution in [3.8, 4) is 11.3 Å². The van der Waals surface area contributed by atoms with E-state index in [2.05, 4.69) is 54.7 Å². The van der Waals surface area contributed by atoms with Crippen molar-refractivity contribution in [2.24, 2.45) is 7.05 Å². The Balaban J connectivity index is 1.13. The second-order valence-corrected chi connectivity index (χ2v) is 12.1. The van der Waals surface area contributed by atoms with Crippen molar-refractivity contribution >= 4 is 41.0 Å². The van der Waals surface area contributed by atoms with Crippen molar-refractivity contribution in [2.75, 3.05) is 37.4 Å². The lowest BCUT2D eigenvalue weighted by atomic mass is 10.0. The van der Waals surface area contributed by atoms with E-state index in [1.54, 1.807) is 31.1 Å². The van der Waals surface area contributed by atoms with Gasteiger partial charge in [-0.15, -0.1) is 5.10 Å². The van der Waals surface area contributed by atoms with Gasteiger partial charge in [0.05, 0.1) is 34.8 Å². The van der Waals surface area contributed by atoms with Crippen molar-refractivity contribution in [1.29, 1.82) is 0 Å². The summed E-state index contributed by atoms with van der Waals surface area (Å²) in [5, 5.41) is 14.6. The molecule has 1 aromatic carbocycles. The standard InChI is InChI=1S/C31H36ClN11O2/c1-18(25-7-6-8-27(36-25)42-12-11-22(17-42)40(3)4)35-29(44)19(2)43-16-21-10-9-20(13-23(21)30(43)45)28-24(32)14-33-31(38-28)37-26-15-34-41(5)39-26/h6-10,13-15,18-19,22H,11-12,16-17H2,1-5H3,(H,35,44)(H,33,37,38,39)/t18?,19?,22-/m0/s1. The highest BCUT2D eigenvalue weighted by Crippen LogP contribution is 2.32. The zero-order valence-corrected chi connectivity index (χ0v) is 26.7. The molecule has 2 N–H and O–H groups in total. The summed E-state index contributed by atoms with van der Waals surface area (Å²) in [7, 11) is 5.91. The van der Waals surface area contributed by atoms with E-state index in [1.165, 1.54) is 11.0 Å². The van der Waals surface area contributed by atoms with Gasteiger partial charge in [-0.2, -0.15) is 9.90 Å². The van der Waals surface area contributed by atoms with Gasteiger partial charge >= 0.3 is 0 Å². The number of fused-ring (bicyclic) bond motifs is 1. The van der Waals surface area contributed by atoms with Crippen LogP contribution in [0, 0.1) is 0 Å². The van der Waals surface area contributed by atoms with Crippen LogP contribution in [0.4, 0.5) is 17.6 Å². The fraction of sp³-hybridized carbons (Fsp3) is 0.387. The third kappa shape index (κ3) is 6.31. The van der Waals surface area contributed by atoms with Gasteiger partial charge in [0.25, 0.3) is 5.91 Å². The number of hydrogen-bond donors (Lipinski definition) is 2. The summed E-state index contributed by atoms with van der Waals surface area (Å²) in [6.07, 6.45) is 4.14. The lowest BCUT2D eigenvalue weighted by Crippen LogP contribution is -2.46. The second-order valence-electron chi connectivity index (χ2n) is 11.7. The Labute approximate surface area is 266 Å². The summed E-state index contributed by atoms with van der Waals surface area (Å²) in [5.74, 6) is 1.21. The highest BCUT2D eigenvalue weighted by molar-refractivity contribution is 6.33. The van der Waals surface area contributed by atoms with Gasteiger partial charge in [0, 0.05) is 43.9 Å². The summed E-state index contributed by atoms with van der Waals surface area (Å²) >= 11 is 6.47. The van der Waals surface area contributed by atoms with Gasteiger partial charge in [-0.1, -0.05) is 29.8 Å². The number of carbonyl (C=O) groups excluding carboxylic acids is 2. The minimum absolute atomic E-state index is 0.227. The topological polar surface area (TPSA) is 137 Å². The predicted octanol–water partition coefficient (Wildman–Crippen LogP) is 3.43. The molecule has 0 bridgehead atoms. The maximum atomic E-state index is 13.6. The van der Waals surface area contributed by atoms with E-state index in [-0.39, 0.29) is 17.9 Å². The largest absolute Gasteiger partial charge is 0.355 e. The number of likely N-dealkylation sites (N-methyl/N-ethyl adjacent to an activating group) is 1. The molecule has 0 aliphatic carbocycles. The molecule has 13 nitrogen and oxygen atoms in total. The molecule has 234 valence electrons. The van der Waals surface area contributed by atoms with E-state index in [9.17, 15) is 9.59 Å². The molecule has 5 heterocycles. The van der Waals surface area contributed by atoms with Crippen LogP contribution in [-0.4, -0.2) is 90.8 Å². The third-order valence-electron chi connectivity index (χ3n) is 8.42. The van der Waals surface area contributed by atoms with Crippen LogP contribution >= 0.6 is 11.6 Å². The molecule has 1 fully saturated rings. The highest BCUT2D eigenvalue weighted by atomic mass is 35.5. The maximum Gasteiger partial charge on any atom is 0.255 e. The molecule has 0 saturated carbocycles. The first-order chi connectivity index (χ1) is 21.6. The number of nitrogens with one attached hydrogen (secondary N) is 2. The fourth-order valence-electron chi connectivity index (χ4n) is 5.71. The number of aryl methyl sites for hydroxylation is 1. The molecule has 2 amide bonds. The number of halogens is 1. The monoisotopic (exact) mass is 629 g/mol. The van der Waals surface area contributed by atoms with Crippen LogP contribution in [-0.2, 0) is 18.4 Å². The molecule has 6 rings (SSSR count). The average Bonchev–Trinajstić information content (AvgIpc) is 3.77. The molecular weight excluding hydrogens is 594 g/mol. The number of rotatable bonds is 9. The molecule has 0 radical (unpaired) electrons. The normalized spacial score (nSPS) is 17.5. The van der Waals surface area contributed by atoms with Gasteiger partial charge in [-0.3, -0.25) is 9.59 Å². The fourth-order valence-corrected chi connectivity index (χ4v) is 5.91. The summed E-state index contributed by atoms with van der Waals surface area (Å²) < 4.78 is 0. The van der Waals surface area contributed by atoms with E-state index in [0.717, 1.165) is 36.6 Å². The SMILES string of the molecule is CC(NC(=O)C(C)N1Cc2ccc(-c3nc(Nc4cnn(C)n4)ncc3Cl)cc2C1=O)c1cccc(N2CC[C@H](N(C)C)C2)n1. The van der Waals surface area contributed by atoms with E-state index in [1.807, 2.05) is 37.3 Å². The first-order valence-electron chi connectivity index (χ1n) is 14.9. The molecular formula is C31H36ClN11O2. The van der Waals surface area contributed by atoms with Crippen molar-refractivity contribution < 1.29 is 9.59 Å². The number of hydrogen-bond acceptors (Lipinski definition) is 10. The third-order valence-corrected chi connectivity index (χ3v) is 8.70. The number of benzene rings is 1. The molecule has 14 heteroatoms. The summed E-state index contributed by atoms with van der Waals surface area (Å²) in [5.41, 5.74) is 3.24. The van der Waals surface area contributed by atoms with Crippen LogP contribution in [0.2, 0.25) is 5.02 Å². The zero-order chi connectivity index (χ0) is 31.8. The molecule has 3 aromatic heterocycles. The predicted molar refractivity (Wildman–Crippen MR) is 171 cm³/mol. The van der Waals surface area contributed by atoms with Crippen LogP contribution in [0.5, 0.6) is 0 Å². The van der Waals surface area contributed by atoms with Crippen LogP contribution in [0.15, 0.2) is 48.8 Å². The number of anilines is 3. The molecule has 3 atom stereocenters. The van der Waals surface area contributed by atoms with Crippen LogP contribution in [0.25, 0.3) is 11.3 Å². The first kappa shape index (κ1) is 30.4. The Bertz CT molecular complexity index is 1740. The van der Waals surface area contributed by atoms with Gasteiger partial charge in [-0.25, -0.2) is 15.0 Å². The van der Waals surface area contributed by atoms with E-state index < -0.39 is 6.04 Å². The number of aromatic nitrogens is 6. The Morgan fingerprint density at radius 1 is 1.13 bits per heavy atom. The van der Waals surface area contributed by atoms with E-state index in [4.69, 9.17) is 16.6 Å². The number of amides is 2. The van der Waals surface area contributed by atoms with Gasteiger partial charge in [-0.05, 0) is 58.1 Å². The summed E-state index contributed by atoms with van der Waals surface area (Å²) in [6, 6.07) is 10.9. The minimum Gasteiger partial charge on any atom is -0.355 e. The van der Waals surface area contributed by atoms with E-state index >= 15 is 0 Å². The van der Waals surface area contributed by atoms with Crippen LogP contribution < -0.4 is 15.5 Å². The highest BCUT2D eigenvalue weighted by Gasteiger charge is 2.35. The Hall–Kier alpha value is -4.62. The van der Waals surface area contributed by atoms with Gasteiger partial charge in [0.1, 0.15) is 11.9 Å². The average molecular weight is 630 g/mol. The quantitative estimate of drug-likeness (QED) is 0.283. The second kappa shape index (κ2) is 12.4. The van der Waals surface area contributed by atoms with Crippen molar-refractivity contribution in [3.63, 3.8) is 0 Å². The van der Waals surface area contributed by atoms with E-state index in [0.29, 0.717) is 46.2 Å². The number of carbonyl (C=O) groups is 2. The molecule has 2 aliphatic heterocycles. The van der Waals surface area contributed by atoms with Crippen molar-refractivity contribution in [3.05, 3.63) is 70.6 Å².